The Morgan fingerprint density at radius 1 is 0.953 bits per heavy atom. The van der Waals surface area contributed by atoms with Crippen molar-refractivity contribution >= 4 is 23.2 Å². The zero-order chi connectivity index (χ0) is 30.3. The lowest BCUT2D eigenvalue weighted by atomic mass is 9.76. The van der Waals surface area contributed by atoms with Gasteiger partial charge in [-0.1, -0.05) is 37.5 Å². The Labute approximate surface area is 249 Å². The molecule has 2 heterocycles. The average molecular weight is 594 g/mol. The van der Waals surface area contributed by atoms with Crippen molar-refractivity contribution in [2.45, 2.75) is 82.6 Å². The van der Waals surface area contributed by atoms with Gasteiger partial charge in [-0.05, 0) is 80.3 Å². The standard InChI is InChI=1S/C33H38F3N5O2/c1-20-10-13-25(17-27(20)33(34,35)36)39-31(42)26-16-22-6-5-9-29(22)41(32(43)28-18-40(2)19-37-28)30(26)21-11-14-24(15-12-21)38-23-7-3-4-8-23/h10-15,17-19,22-23,26,29-30,38H,3-9,16H2,1-2H3,(H,39,42)/t22-,26?,29-,30?/m1/s1. The second-order valence-electron chi connectivity index (χ2n) is 12.4. The van der Waals surface area contributed by atoms with E-state index in [0.29, 0.717) is 18.2 Å². The van der Waals surface area contributed by atoms with Gasteiger partial charge in [0.2, 0.25) is 5.91 Å². The molecule has 1 aliphatic heterocycles. The fourth-order valence-electron chi connectivity index (χ4n) is 7.41. The van der Waals surface area contributed by atoms with E-state index in [1.54, 1.807) is 24.1 Å². The number of alkyl halides is 3. The third kappa shape index (κ3) is 6.01. The SMILES string of the molecule is Cc1ccc(NC(=O)C2C[C@H]3CCC[C@H]3N(C(=O)c3cn(C)cn3)C2c2ccc(NC3CCCC3)cc2)cc1C(F)(F)F. The highest BCUT2D eigenvalue weighted by Crippen LogP contribution is 2.49. The van der Waals surface area contributed by atoms with E-state index < -0.39 is 23.7 Å². The van der Waals surface area contributed by atoms with Gasteiger partial charge in [0.05, 0.1) is 23.9 Å². The molecular weight excluding hydrogens is 555 g/mol. The summed E-state index contributed by atoms with van der Waals surface area (Å²) in [5, 5.41) is 6.38. The molecule has 0 bridgehead atoms. The molecule has 228 valence electrons. The first-order valence-electron chi connectivity index (χ1n) is 15.2. The number of rotatable bonds is 6. The Bertz CT molecular complexity index is 1480. The Hall–Kier alpha value is -3.82. The summed E-state index contributed by atoms with van der Waals surface area (Å²) >= 11 is 0. The second-order valence-corrected chi connectivity index (χ2v) is 12.4. The number of aryl methyl sites for hydroxylation is 2. The van der Waals surface area contributed by atoms with Crippen molar-refractivity contribution in [3.8, 4) is 0 Å². The van der Waals surface area contributed by atoms with Gasteiger partial charge in [-0.2, -0.15) is 13.2 Å². The molecule has 2 N–H and O–H groups in total. The molecule has 1 aromatic heterocycles. The van der Waals surface area contributed by atoms with Gasteiger partial charge in [0, 0.05) is 36.7 Å². The number of nitrogens with one attached hydrogen (secondary N) is 2. The Balaban J connectivity index is 1.36. The van der Waals surface area contributed by atoms with Crippen molar-refractivity contribution in [2.24, 2.45) is 18.9 Å². The molecule has 7 nitrogen and oxygen atoms in total. The van der Waals surface area contributed by atoms with Crippen LogP contribution in [0.1, 0.15) is 84.6 Å². The predicted molar refractivity (Wildman–Crippen MR) is 158 cm³/mol. The maximum absolute atomic E-state index is 14.1. The average Bonchev–Trinajstić information content (AvgIpc) is 3.75. The molecule has 3 fully saturated rings. The van der Waals surface area contributed by atoms with Crippen LogP contribution in [0.4, 0.5) is 24.5 Å². The molecule has 2 aliphatic carbocycles. The molecule has 0 spiro atoms. The minimum Gasteiger partial charge on any atom is -0.382 e. The Morgan fingerprint density at radius 3 is 2.35 bits per heavy atom. The van der Waals surface area contributed by atoms with Crippen molar-refractivity contribution in [1.82, 2.24) is 14.5 Å². The van der Waals surface area contributed by atoms with Crippen LogP contribution in [0.5, 0.6) is 0 Å². The number of likely N-dealkylation sites (tertiary alicyclic amines) is 1. The molecule has 1 saturated heterocycles. The molecule has 2 aromatic carbocycles. The van der Waals surface area contributed by atoms with Gasteiger partial charge >= 0.3 is 6.18 Å². The summed E-state index contributed by atoms with van der Waals surface area (Å²) < 4.78 is 42.7. The first-order valence-corrected chi connectivity index (χ1v) is 15.2. The van der Waals surface area contributed by atoms with Crippen molar-refractivity contribution in [3.63, 3.8) is 0 Å². The van der Waals surface area contributed by atoms with Crippen LogP contribution in [0.15, 0.2) is 55.0 Å². The number of aromatic nitrogens is 2. The lowest BCUT2D eigenvalue weighted by molar-refractivity contribution is -0.138. The number of fused-ring (bicyclic) bond motifs is 1. The van der Waals surface area contributed by atoms with Crippen LogP contribution in [0.2, 0.25) is 0 Å². The number of anilines is 2. The first-order chi connectivity index (χ1) is 20.6. The summed E-state index contributed by atoms with van der Waals surface area (Å²) in [6.07, 6.45) is 6.66. The topological polar surface area (TPSA) is 79.3 Å². The number of amides is 2. The molecule has 3 aliphatic rings. The number of carbonyl (C=O) groups excluding carboxylic acids is 2. The number of nitrogens with zero attached hydrogens (tertiary/aromatic N) is 3. The quantitative estimate of drug-likeness (QED) is 0.319. The van der Waals surface area contributed by atoms with Crippen LogP contribution < -0.4 is 10.6 Å². The summed E-state index contributed by atoms with van der Waals surface area (Å²) in [6.45, 7) is 1.40. The lowest BCUT2D eigenvalue weighted by Gasteiger charge is -2.47. The van der Waals surface area contributed by atoms with Crippen molar-refractivity contribution in [1.29, 1.82) is 0 Å². The minimum atomic E-state index is -4.53. The van der Waals surface area contributed by atoms with E-state index in [2.05, 4.69) is 15.6 Å². The molecule has 10 heteroatoms. The van der Waals surface area contributed by atoms with Crippen LogP contribution in [0.25, 0.3) is 0 Å². The van der Waals surface area contributed by atoms with Crippen LogP contribution in [0, 0.1) is 18.8 Å². The number of benzene rings is 2. The largest absolute Gasteiger partial charge is 0.416 e. The number of hydrogen-bond acceptors (Lipinski definition) is 4. The van der Waals surface area contributed by atoms with E-state index in [0.717, 1.165) is 49.4 Å². The highest BCUT2D eigenvalue weighted by Gasteiger charge is 2.50. The third-order valence-electron chi connectivity index (χ3n) is 9.50. The van der Waals surface area contributed by atoms with Crippen molar-refractivity contribution in [2.75, 3.05) is 10.6 Å². The van der Waals surface area contributed by atoms with E-state index in [1.807, 2.05) is 29.2 Å². The van der Waals surface area contributed by atoms with Crippen LogP contribution in [-0.2, 0) is 18.0 Å². The highest BCUT2D eigenvalue weighted by atomic mass is 19.4. The van der Waals surface area contributed by atoms with Gasteiger partial charge < -0.3 is 20.1 Å². The number of carbonyl (C=O) groups is 2. The Kier molecular flexibility index (Phi) is 7.96. The van der Waals surface area contributed by atoms with Crippen LogP contribution in [0.3, 0.4) is 0 Å². The molecule has 2 amide bonds. The van der Waals surface area contributed by atoms with E-state index in [1.165, 1.54) is 31.9 Å². The van der Waals surface area contributed by atoms with Gasteiger partial charge in [0.15, 0.2) is 0 Å². The van der Waals surface area contributed by atoms with E-state index in [9.17, 15) is 22.8 Å². The number of halogens is 3. The van der Waals surface area contributed by atoms with Gasteiger partial charge in [-0.3, -0.25) is 9.59 Å². The van der Waals surface area contributed by atoms with Gasteiger partial charge in [-0.25, -0.2) is 4.98 Å². The lowest BCUT2D eigenvalue weighted by Crippen LogP contribution is -2.54. The predicted octanol–water partition coefficient (Wildman–Crippen LogP) is 7.11. The summed E-state index contributed by atoms with van der Waals surface area (Å²) in [5.41, 5.74) is 1.53. The zero-order valence-corrected chi connectivity index (χ0v) is 24.5. The fourth-order valence-corrected chi connectivity index (χ4v) is 7.41. The molecule has 2 saturated carbocycles. The molecule has 4 atom stereocenters. The molecule has 43 heavy (non-hydrogen) atoms. The van der Waals surface area contributed by atoms with Gasteiger partial charge in [-0.15, -0.1) is 0 Å². The fraction of sp³-hybridized carbons (Fsp3) is 0.485. The highest BCUT2D eigenvalue weighted by molar-refractivity contribution is 5.96. The molecule has 0 radical (unpaired) electrons. The maximum Gasteiger partial charge on any atom is 0.416 e. The summed E-state index contributed by atoms with van der Waals surface area (Å²) in [4.78, 5) is 34.4. The van der Waals surface area contributed by atoms with Crippen molar-refractivity contribution in [3.05, 3.63) is 77.4 Å². The molecule has 2 unspecified atom stereocenters. The third-order valence-corrected chi connectivity index (χ3v) is 9.50. The molecule has 6 rings (SSSR count). The van der Waals surface area contributed by atoms with Gasteiger partial charge in [0.1, 0.15) is 5.69 Å². The number of piperidine rings is 1. The monoisotopic (exact) mass is 593 g/mol. The summed E-state index contributed by atoms with van der Waals surface area (Å²) in [5.74, 6) is -1.16. The maximum atomic E-state index is 14.1. The Morgan fingerprint density at radius 2 is 1.67 bits per heavy atom. The van der Waals surface area contributed by atoms with Crippen molar-refractivity contribution < 1.29 is 22.8 Å². The molecule has 3 aromatic rings. The summed E-state index contributed by atoms with van der Waals surface area (Å²) in [7, 11) is 1.80. The normalized spacial score (nSPS) is 24.2. The molecular formula is C33H38F3N5O2. The zero-order valence-electron chi connectivity index (χ0n) is 24.5. The van der Waals surface area contributed by atoms with E-state index >= 15 is 0 Å². The smallest absolute Gasteiger partial charge is 0.382 e. The minimum absolute atomic E-state index is 0.0453. The summed E-state index contributed by atoms with van der Waals surface area (Å²) in [6, 6.07) is 11.6. The van der Waals surface area contributed by atoms with E-state index in [-0.39, 0.29) is 35.0 Å². The number of imidazole rings is 1. The number of hydrogen-bond donors (Lipinski definition) is 2. The van der Waals surface area contributed by atoms with Crippen LogP contribution >= 0.6 is 0 Å². The van der Waals surface area contributed by atoms with Gasteiger partial charge in [0.25, 0.3) is 5.91 Å². The van der Waals surface area contributed by atoms with Crippen LogP contribution in [-0.4, -0.2) is 38.3 Å². The van der Waals surface area contributed by atoms with E-state index in [4.69, 9.17) is 0 Å². The first kappa shape index (κ1) is 29.3. The second kappa shape index (κ2) is 11.7.